The third kappa shape index (κ3) is 4.03. The summed E-state index contributed by atoms with van der Waals surface area (Å²) in [5.41, 5.74) is 1.54. The van der Waals surface area contributed by atoms with Crippen LogP contribution in [0.2, 0.25) is 0 Å². The second-order valence-corrected chi connectivity index (χ2v) is 5.69. The maximum Gasteiger partial charge on any atom is 0.344 e. The Morgan fingerprint density at radius 3 is 2.62 bits per heavy atom. The first-order chi connectivity index (χ1) is 12.6. The molecule has 134 valence electrons. The summed E-state index contributed by atoms with van der Waals surface area (Å²) in [4.78, 5) is 23.7. The minimum absolute atomic E-state index is 0.0424. The van der Waals surface area contributed by atoms with E-state index in [-0.39, 0.29) is 13.2 Å². The summed E-state index contributed by atoms with van der Waals surface area (Å²) in [6.07, 6.45) is 0. The van der Waals surface area contributed by atoms with Gasteiger partial charge in [0.25, 0.3) is 0 Å². The van der Waals surface area contributed by atoms with E-state index in [1.54, 1.807) is 30.3 Å². The Kier molecular flexibility index (Phi) is 5.22. The van der Waals surface area contributed by atoms with E-state index < -0.39 is 11.6 Å². The van der Waals surface area contributed by atoms with Crippen molar-refractivity contribution in [2.75, 3.05) is 13.7 Å². The van der Waals surface area contributed by atoms with Gasteiger partial charge in [-0.1, -0.05) is 24.3 Å². The molecule has 0 bridgehead atoms. The molecule has 2 aromatic carbocycles. The van der Waals surface area contributed by atoms with E-state index in [1.807, 2.05) is 19.1 Å². The van der Waals surface area contributed by atoms with Crippen molar-refractivity contribution in [1.82, 2.24) is 0 Å². The number of fused-ring (bicyclic) bond motifs is 1. The smallest absolute Gasteiger partial charge is 0.344 e. The fraction of sp³-hybridized carbons (Fsp3) is 0.200. The second kappa shape index (κ2) is 7.74. The van der Waals surface area contributed by atoms with Gasteiger partial charge in [0.05, 0.1) is 7.11 Å². The van der Waals surface area contributed by atoms with Crippen LogP contribution in [0.1, 0.15) is 11.1 Å². The van der Waals surface area contributed by atoms with E-state index in [4.69, 9.17) is 18.6 Å². The van der Waals surface area contributed by atoms with E-state index in [9.17, 15) is 9.59 Å². The average Bonchev–Trinajstić information content (AvgIpc) is 2.64. The molecule has 6 nitrogen and oxygen atoms in total. The van der Waals surface area contributed by atoms with Crippen molar-refractivity contribution in [2.45, 2.75) is 13.5 Å². The SMILES string of the molecule is COc1ccccc1OCC(=O)OCc1cc(=O)oc2cc(C)ccc12. The number of methoxy groups -OCH3 is 1. The van der Waals surface area contributed by atoms with Gasteiger partial charge in [-0.15, -0.1) is 0 Å². The van der Waals surface area contributed by atoms with Gasteiger partial charge in [0.15, 0.2) is 18.1 Å². The molecule has 26 heavy (non-hydrogen) atoms. The Morgan fingerprint density at radius 1 is 1.08 bits per heavy atom. The fourth-order valence-electron chi connectivity index (χ4n) is 2.53. The molecular formula is C20H18O6. The lowest BCUT2D eigenvalue weighted by Crippen LogP contribution is -2.15. The summed E-state index contributed by atoms with van der Waals surface area (Å²) in [5.74, 6) is 0.431. The number of esters is 1. The fourth-order valence-corrected chi connectivity index (χ4v) is 2.53. The molecule has 0 atom stereocenters. The van der Waals surface area contributed by atoms with Crippen LogP contribution in [0.4, 0.5) is 0 Å². The molecule has 1 heterocycles. The van der Waals surface area contributed by atoms with Crippen LogP contribution in [0.3, 0.4) is 0 Å². The first-order valence-electron chi connectivity index (χ1n) is 8.01. The Labute approximate surface area is 149 Å². The van der Waals surface area contributed by atoms with Gasteiger partial charge in [-0.05, 0) is 30.7 Å². The molecule has 3 rings (SSSR count). The van der Waals surface area contributed by atoms with Crippen molar-refractivity contribution in [3.63, 3.8) is 0 Å². The lowest BCUT2D eigenvalue weighted by atomic mass is 10.1. The number of ether oxygens (including phenoxy) is 3. The van der Waals surface area contributed by atoms with E-state index in [0.29, 0.717) is 22.6 Å². The average molecular weight is 354 g/mol. The van der Waals surface area contributed by atoms with Gasteiger partial charge in [-0.3, -0.25) is 0 Å². The molecule has 0 saturated heterocycles. The second-order valence-electron chi connectivity index (χ2n) is 5.69. The molecule has 0 spiro atoms. The minimum atomic E-state index is -0.551. The third-order valence-corrected chi connectivity index (χ3v) is 3.79. The number of para-hydroxylation sites is 2. The monoisotopic (exact) mass is 354 g/mol. The zero-order valence-corrected chi connectivity index (χ0v) is 14.5. The highest BCUT2D eigenvalue weighted by Gasteiger charge is 2.11. The molecule has 3 aromatic rings. The van der Waals surface area contributed by atoms with Crippen molar-refractivity contribution in [3.8, 4) is 11.5 Å². The van der Waals surface area contributed by atoms with Crippen LogP contribution in [-0.2, 0) is 16.1 Å². The van der Waals surface area contributed by atoms with Crippen molar-refractivity contribution in [2.24, 2.45) is 0 Å². The molecule has 0 N–H and O–H groups in total. The van der Waals surface area contributed by atoms with Crippen LogP contribution in [0.15, 0.2) is 57.7 Å². The number of aryl methyl sites for hydroxylation is 1. The predicted molar refractivity (Wildman–Crippen MR) is 95.5 cm³/mol. The maximum atomic E-state index is 12.0. The van der Waals surface area contributed by atoms with Crippen molar-refractivity contribution < 1.29 is 23.4 Å². The zero-order valence-electron chi connectivity index (χ0n) is 14.5. The molecule has 0 aliphatic rings. The summed E-state index contributed by atoms with van der Waals surface area (Å²) in [6.45, 7) is 1.60. The van der Waals surface area contributed by atoms with E-state index in [2.05, 4.69) is 0 Å². The van der Waals surface area contributed by atoms with Crippen LogP contribution in [-0.4, -0.2) is 19.7 Å². The molecule has 0 fully saturated rings. The zero-order chi connectivity index (χ0) is 18.5. The largest absolute Gasteiger partial charge is 0.493 e. The summed E-state index contributed by atoms with van der Waals surface area (Å²) in [6, 6.07) is 13.8. The number of carbonyl (C=O) groups is 1. The van der Waals surface area contributed by atoms with E-state index in [1.165, 1.54) is 13.2 Å². The quantitative estimate of drug-likeness (QED) is 0.500. The van der Waals surface area contributed by atoms with Gasteiger partial charge in [0, 0.05) is 17.0 Å². The Bertz CT molecular complexity index is 989. The van der Waals surface area contributed by atoms with Crippen LogP contribution in [0.5, 0.6) is 11.5 Å². The van der Waals surface area contributed by atoms with Crippen LogP contribution < -0.4 is 15.1 Å². The number of hydrogen-bond acceptors (Lipinski definition) is 6. The highest BCUT2D eigenvalue weighted by molar-refractivity contribution is 5.81. The van der Waals surface area contributed by atoms with Crippen LogP contribution in [0.25, 0.3) is 11.0 Å². The summed E-state index contributed by atoms with van der Waals surface area (Å²) in [5, 5.41) is 0.730. The lowest BCUT2D eigenvalue weighted by Gasteiger charge is -2.10. The Morgan fingerprint density at radius 2 is 1.85 bits per heavy atom. The molecule has 0 aliphatic heterocycles. The highest BCUT2D eigenvalue weighted by Crippen LogP contribution is 2.25. The van der Waals surface area contributed by atoms with Gasteiger partial charge >= 0.3 is 11.6 Å². The topological polar surface area (TPSA) is 75.0 Å². The molecule has 1 aromatic heterocycles. The minimum Gasteiger partial charge on any atom is -0.493 e. The number of rotatable bonds is 6. The maximum absolute atomic E-state index is 12.0. The van der Waals surface area contributed by atoms with Gasteiger partial charge < -0.3 is 18.6 Å². The Balaban J connectivity index is 1.66. The van der Waals surface area contributed by atoms with Crippen molar-refractivity contribution >= 4 is 16.9 Å². The van der Waals surface area contributed by atoms with Crippen LogP contribution in [0, 0.1) is 6.92 Å². The third-order valence-electron chi connectivity index (χ3n) is 3.79. The summed E-state index contributed by atoms with van der Waals surface area (Å²) in [7, 11) is 1.52. The first kappa shape index (κ1) is 17.5. The molecule has 0 unspecified atom stereocenters. The number of benzene rings is 2. The van der Waals surface area contributed by atoms with Gasteiger partial charge in [-0.2, -0.15) is 0 Å². The molecule has 0 aliphatic carbocycles. The van der Waals surface area contributed by atoms with Gasteiger partial charge in [0.1, 0.15) is 12.2 Å². The van der Waals surface area contributed by atoms with Gasteiger partial charge in [-0.25, -0.2) is 9.59 Å². The highest BCUT2D eigenvalue weighted by atomic mass is 16.6. The standard InChI is InChI=1S/C20H18O6/c1-13-7-8-15-14(10-19(21)26-18(15)9-13)11-25-20(22)12-24-17-6-4-3-5-16(17)23-2/h3-10H,11-12H2,1-2H3. The van der Waals surface area contributed by atoms with E-state index in [0.717, 1.165) is 10.9 Å². The normalized spacial score (nSPS) is 10.5. The first-order valence-corrected chi connectivity index (χ1v) is 8.01. The van der Waals surface area contributed by atoms with E-state index >= 15 is 0 Å². The predicted octanol–water partition coefficient (Wildman–Crippen LogP) is 3.23. The Hall–Kier alpha value is -3.28. The molecule has 6 heteroatoms. The summed E-state index contributed by atoms with van der Waals surface area (Å²) >= 11 is 0. The molecule has 0 radical (unpaired) electrons. The number of hydrogen-bond donors (Lipinski definition) is 0. The van der Waals surface area contributed by atoms with Gasteiger partial charge in [0.2, 0.25) is 0 Å². The lowest BCUT2D eigenvalue weighted by molar-refractivity contribution is -0.147. The molecule has 0 amide bonds. The molecular weight excluding hydrogens is 336 g/mol. The van der Waals surface area contributed by atoms with Crippen molar-refractivity contribution in [1.29, 1.82) is 0 Å². The summed E-state index contributed by atoms with van der Waals surface area (Å²) < 4.78 is 21.0. The number of carbonyl (C=O) groups excluding carboxylic acids is 1. The van der Waals surface area contributed by atoms with Crippen molar-refractivity contribution in [3.05, 3.63) is 70.1 Å². The molecule has 0 saturated carbocycles. The van der Waals surface area contributed by atoms with Crippen LogP contribution >= 0.6 is 0 Å².